The molecule has 38 heavy (non-hydrogen) atoms. The van der Waals surface area contributed by atoms with Crippen molar-refractivity contribution in [3.8, 4) is 0 Å². The number of nitrogens with zero attached hydrogens (tertiary/aromatic N) is 2. The van der Waals surface area contributed by atoms with Crippen LogP contribution in [0.3, 0.4) is 0 Å². The highest BCUT2D eigenvalue weighted by molar-refractivity contribution is 7.89. The molecule has 0 aliphatic heterocycles. The number of amides is 1. The average Bonchev–Trinajstić information content (AvgIpc) is 3.34. The van der Waals surface area contributed by atoms with Crippen molar-refractivity contribution < 1.29 is 17.6 Å². The number of hydrogen-bond acceptors (Lipinski definition) is 5. The van der Waals surface area contributed by atoms with Crippen LogP contribution in [0.1, 0.15) is 28.2 Å². The van der Waals surface area contributed by atoms with Crippen LogP contribution in [-0.4, -0.2) is 24.8 Å². The molecule has 10 heteroatoms. The van der Waals surface area contributed by atoms with E-state index in [0.717, 1.165) is 11.1 Å². The largest absolute Gasteiger partial charge is 0.459 e. The van der Waals surface area contributed by atoms with Gasteiger partial charge in [0, 0.05) is 6.54 Å². The van der Waals surface area contributed by atoms with Crippen LogP contribution < -0.4 is 5.43 Å². The molecule has 3 aromatic carbocycles. The van der Waals surface area contributed by atoms with Crippen molar-refractivity contribution >= 4 is 45.3 Å². The zero-order valence-electron chi connectivity index (χ0n) is 20.5. The molecule has 0 saturated carbocycles. The molecule has 0 fully saturated rings. The summed E-state index contributed by atoms with van der Waals surface area (Å²) in [6, 6.07) is 24.3. The van der Waals surface area contributed by atoms with E-state index in [0.29, 0.717) is 27.1 Å². The number of rotatable bonds is 10. The van der Waals surface area contributed by atoms with Crippen LogP contribution in [0.4, 0.5) is 0 Å². The highest BCUT2D eigenvalue weighted by atomic mass is 35.5. The first-order chi connectivity index (χ1) is 18.2. The van der Waals surface area contributed by atoms with Gasteiger partial charge in [0.05, 0.1) is 34.1 Å². The topological polar surface area (TPSA) is 92.0 Å². The van der Waals surface area contributed by atoms with Crippen LogP contribution in [-0.2, 0) is 34.3 Å². The van der Waals surface area contributed by atoms with Gasteiger partial charge in [0.1, 0.15) is 11.5 Å². The zero-order valence-corrected chi connectivity index (χ0v) is 22.8. The monoisotopic (exact) mass is 569 g/mol. The molecule has 1 heterocycles. The van der Waals surface area contributed by atoms with E-state index in [9.17, 15) is 13.2 Å². The number of halogens is 2. The fraction of sp³-hybridized carbons (Fsp3) is 0.143. The Balaban J connectivity index is 1.49. The van der Waals surface area contributed by atoms with Crippen LogP contribution in [0.5, 0.6) is 0 Å². The molecule has 0 aliphatic carbocycles. The summed E-state index contributed by atoms with van der Waals surface area (Å²) in [7, 11) is -3.88. The van der Waals surface area contributed by atoms with Crippen molar-refractivity contribution in [3.05, 3.63) is 123 Å². The van der Waals surface area contributed by atoms with Crippen LogP contribution in [0.15, 0.2) is 99.3 Å². The molecule has 0 radical (unpaired) electrons. The number of sulfonamides is 1. The minimum atomic E-state index is -3.88. The second kappa shape index (κ2) is 12.4. The van der Waals surface area contributed by atoms with Gasteiger partial charge in [-0.05, 0) is 54.4 Å². The third-order valence-electron chi connectivity index (χ3n) is 5.60. The van der Waals surface area contributed by atoms with E-state index < -0.39 is 10.0 Å². The van der Waals surface area contributed by atoms with Crippen molar-refractivity contribution in [2.45, 2.75) is 31.3 Å². The minimum Gasteiger partial charge on any atom is -0.459 e. The maximum atomic E-state index is 13.6. The number of carbonyl (C=O) groups excluding carboxylic acids is 1. The fourth-order valence-electron chi connectivity index (χ4n) is 3.64. The number of hydrogen-bond donors (Lipinski definition) is 1. The fourth-order valence-corrected chi connectivity index (χ4v) is 5.35. The molecule has 0 spiro atoms. The predicted octanol–water partition coefficient (Wildman–Crippen LogP) is 5.98. The van der Waals surface area contributed by atoms with Crippen LogP contribution in [0.2, 0.25) is 10.0 Å². The Morgan fingerprint density at radius 2 is 1.66 bits per heavy atom. The molecule has 0 atom stereocenters. The third-order valence-corrected chi connectivity index (χ3v) is 8.15. The van der Waals surface area contributed by atoms with E-state index >= 15 is 0 Å². The molecule has 1 N–H and O–H groups in total. The number of aryl methyl sites for hydroxylation is 1. The first-order valence-electron chi connectivity index (χ1n) is 11.7. The van der Waals surface area contributed by atoms with Gasteiger partial charge < -0.3 is 4.42 Å². The molecule has 0 aliphatic rings. The summed E-state index contributed by atoms with van der Waals surface area (Å²) in [5.74, 6) is 0.497. The molecule has 0 unspecified atom stereocenters. The Kier molecular flexibility index (Phi) is 9.01. The summed E-state index contributed by atoms with van der Waals surface area (Å²) in [5, 5.41) is 4.66. The van der Waals surface area contributed by atoms with E-state index in [2.05, 4.69) is 10.5 Å². The lowest BCUT2D eigenvalue weighted by molar-refractivity contribution is -0.120. The minimum absolute atomic E-state index is 0.0370. The Bertz CT molecular complexity index is 1540. The Morgan fingerprint density at radius 3 is 2.37 bits per heavy atom. The van der Waals surface area contributed by atoms with Gasteiger partial charge in [-0.2, -0.15) is 9.41 Å². The number of carbonyl (C=O) groups is 1. The number of nitrogens with one attached hydrogen (secondary N) is 1. The average molecular weight is 570 g/mol. The lowest BCUT2D eigenvalue weighted by Crippen LogP contribution is -2.30. The van der Waals surface area contributed by atoms with Gasteiger partial charge in [0.25, 0.3) is 0 Å². The maximum Gasteiger partial charge on any atom is 0.244 e. The van der Waals surface area contributed by atoms with Crippen LogP contribution in [0, 0.1) is 6.92 Å². The van der Waals surface area contributed by atoms with Gasteiger partial charge in [0.2, 0.25) is 15.9 Å². The summed E-state index contributed by atoms with van der Waals surface area (Å²) in [5.41, 5.74) is 4.96. The number of hydrazone groups is 1. The highest BCUT2D eigenvalue weighted by Crippen LogP contribution is 2.26. The van der Waals surface area contributed by atoms with E-state index in [1.54, 1.807) is 54.6 Å². The second-order valence-corrected chi connectivity index (χ2v) is 11.3. The molecular formula is C28H25Cl2N3O4S. The van der Waals surface area contributed by atoms with Crippen LogP contribution in [0.25, 0.3) is 0 Å². The summed E-state index contributed by atoms with van der Waals surface area (Å²) in [4.78, 5) is 12.3. The summed E-state index contributed by atoms with van der Waals surface area (Å²) >= 11 is 12.2. The number of furan rings is 1. The third kappa shape index (κ3) is 7.33. The van der Waals surface area contributed by atoms with E-state index in [4.69, 9.17) is 27.6 Å². The Hall–Kier alpha value is -3.43. The molecular weight excluding hydrogens is 545 g/mol. The molecule has 4 rings (SSSR count). The van der Waals surface area contributed by atoms with Gasteiger partial charge in [-0.25, -0.2) is 13.8 Å². The van der Waals surface area contributed by atoms with Crippen molar-refractivity contribution in [1.82, 2.24) is 9.73 Å². The molecule has 196 valence electrons. The molecule has 4 aromatic rings. The standard InChI is InChI=1S/C28H25Cl2N3O4S/c1-20-7-12-25(13-8-20)38(35,36)33(18-22-9-14-26(29)27(30)15-22)19-24-11-10-23(37-24)17-31-32-28(34)16-21-5-3-2-4-6-21/h2-15,17H,16,18-19H2,1H3,(H,32,34)/b31-17-. The normalized spacial score (nSPS) is 11.8. The zero-order chi connectivity index (χ0) is 27.1. The van der Waals surface area contributed by atoms with Gasteiger partial charge in [0.15, 0.2) is 0 Å². The summed E-state index contributed by atoms with van der Waals surface area (Å²) < 4.78 is 34.2. The second-order valence-electron chi connectivity index (χ2n) is 8.59. The van der Waals surface area contributed by atoms with Crippen molar-refractivity contribution in [2.24, 2.45) is 5.10 Å². The van der Waals surface area contributed by atoms with Gasteiger partial charge in [-0.15, -0.1) is 0 Å². The van der Waals surface area contributed by atoms with Gasteiger partial charge >= 0.3 is 0 Å². The first-order valence-corrected chi connectivity index (χ1v) is 13.9. The van der Waals surface area contributed by atoms with Gasteiger partial charge in [-0.3, -0.25) is 4.79 Å². The summed E-state index contributed by atoms with van der Waals surface area (Å²) in [6.07, 6.45) is 1.56. The lowest BCUT2D eigenvalue weighted by atomic mass is 10.1. The van der Waals surface area contributed by atoms with Crippen molar-refractivity contribution in [1.29, 1.82) is 0 Å². The molecule has 0 saturated heterocycles. The molecule has 1 aromatic heterocycles. The van der Waals surface area contributed by atoms with Crippen LogP contribution >= 0.6 is 23.2 Å². The van der Waals surface area contributed by atoms with Crippen molar-refractivity contribution in [2.75, 3.05) is 0 Å². The predicted molar refractivity (Wildman–Crippen MR) is 149 cm³/mol. The van der Waals surface area contributed by atoms with Crippen molar-refractivity contribution in [3.63, 3.8) is 0 Å². The maximum absolute atomic E-state index is 13.6. The van der Waals surface area contributed by atoms with Gasteiger partial charge in [-0.1, -0.05) is 77.3 Å². The molecule has 1 amide bonds. The van der Waals surface area contributed by atoms with E-state index in [-0.39, 0.29) is 30.3 Å². The van der Waals surface area contributed by atoms with E-state index in [1.807, 2.05) is 37.3 Å². The smallest absolute Gasteiger partial charge is 0.244 e. The summed E-state index contributed by atoms with van der Waals surface area (Å²) in [6.45, 7) is 1.90. The first kappa shape index (κ1) is 27.6. The quantitative estimate of drug-likeness (QED) is 0.188. The molecule has 0 bridgehead atoms. The molecule has 7 nitrogen and oxygen atoms in total. The Labute approximate surface area is 231 Å². The highest BCUT2D eigenvalue weighted by Gasteiger charge is 2.26. The SMILES string of the molecule is Cc1ccc(S(=O)(=O)N(Cc2ccc(Cl)c(Cl)c2)Cc2ccc(/C=N\NC(=O)Cc3ccccc3)o2)cc1. The number of benzene rings is 3. The van der Waals surface area contributed by atoms with E-state index in [1.165, 1.54) is 10.5 Å². The lowest BCUT2D eigenvalue weighted by Gasteiger charge is -2.22. The Morgan fingerprint density at radius 1 is 0.921 bits per heavy atom.